The average Bonchev–Trinajstić information content (AvgIpc) is 3.28. The van der Waals surface area contributed by atoms with Gasteiger partial charge in [-0.25, -0.2) is 14.8 Å². The maximum Gasteiger partial charge on any atom is 0.491 e. The SMILES string of the molecule is Cc1ncc2nc(-c3ccncc3)nc(N3CCC4(CCNC4)CC3)c2c1OC(=O)C(F)(F)F. The summed E-state index contributed by atoms with van der Waals surface area (Å²) in [6.07, 6.45) is 2.52. The van der Waals surface area contributed by atoms with Gasteiger partial charge in [0.15, 0.2) is 11.6 Å². The smallest absolute Gasteiger partial charge is 0.417 e. The molecule has 178 valence electrons. The third-order valence-electron chi connectivity index (χ3n) is 6.67. The highest BCUT2D eigenvalue weighted by Gasteiger charge is 2.42. The van der Waals surface area contributed by atoms with Crippen LogP contribution in [-0.2, 0) is 4.79 Å². The first kappa shape index (κ1) is 22.5. The molecule has 3 aromatic heterocycles. The number of piperidine rings is 1. The Labute approximate surface area is 193 Å². The van der Waals surface area contributed by atoms with Crippen LogP contribution < -0.4 is 15.0 Å². The minimum Gasteiger partial charge on any atom is -0.417 e. The zero-order valence-electron chi connectivity index (χ0n) is 18.5. The number of rotatable bonds is 3. The monoisotopic (exact) mass is 472 g/mol. The molecule has 0 aliphatic carbocycles. The Morgan fingerprint density at radius 3 is 2.53 bits per heavy atom. The van der Waals surface area contributed by atoms with Crippen LogP contribution >= 0.6 is 0 Å². The van der Waals surface area contributed by atoms with E-state index >= 15 is 0 Å². The lowest BCUT2D eigenvalue weighted by molar-refractivity contribution is -0.189. The summed E-state index contributed by atoms with van der Waals surface area (Å²) in [5.74, 6) is -1.73. The van der Waals surface area contributed by atoms with Crippen molar-refractivity contribution in [3.63, 3.8) is 0 Å². The summed E-state index contributed by atoms with van der Waals surface area (Å²) in [5.41, 5.74) is 1.40. The van der Waals surface area contributed by atoms with Crippen molar-refractivity contribution >= 4 is 22.7 Å². The molecule has 0 radical (unpaired) electrons. The Hall–Kier alpha value is -3.34. The molecule has 5 heterocycles. The number of pyridine rings is 2. The van der Waals surface area contributed by atoms with Crippen LogP contribution in [0, 0.1) is 12.3 Å². The number of hydrogen-bond donors (Lipinski definition) is 1. The molecular formula is C23H23F3N6O2. The van der Waals surface area contributed by atoms with Crippen LogP contribution in [0.3, 0.4) is 0 Å². The van der Waals surface area contributed by atoms with Gasteiger partial charge in [0.2, 0.25) is 0 Å². The Morgan fingerprint density at radius 1 is 1.15 bits per heavy atom. The van der Waals surface area contributed by atoms with Gasteiger partial charge in [-0.15, -0.1) is 0 Å². The van der Waals surface area contributed by atoms with Crippen molar-refractivity contribution in [3.8, 4) is 17.1 Å². The van der Waals surface area contributed by atoms with E-state index in [1.807, 2.05) is 4.90 Å². The highest BCUT2D eigenvalue weighted by Crippen LogP contribution is 2.42. The second-order valence-electron chi connectivity index (χ2n) is 8.84. The molecule has 11 heteroatoms. The fourth-order valence-electron chi connectivity index (χ4n) is 4.72. The zero-order valence-corrected chi connectivity index (χ0v) is 18.5. The minimum absolute atomic E-state index is 0.153. The topological polar surface area (TPSA) is 93.1 Å². The van der Waals surface area contributed by atoms with E-state index in [1.165, 1.54) is 13.1 Å². The van der Waals surface area contributed by atoms with Crippen molar-refractivity contribution < 1.29 is 22.7 Å². The van der Waals surface area contributed by atoms with Gasteiger partial charge < -0.3 is 15.0 Å². The first-order chi connectivity index (χ1) is 16.3. The lowest BCUT2D eigenvalue weighted by Gasteiger charge is -2.39. The third kappa shape index (κ3) is 4.15. The van der Waals surface area contributed by atoms with Gasteiger partial charge in [0.1, 0.15) is 5.82 Å². The van der Waals surface area contributed by atoms with E-state index in [2.05, 4.69) is 20.3 Å². The van der Waals surface area contributed by atoms with Crippen molar-refractivity contribution in [1.29, 1.82) is 0 Å². The maximum atomic E-state index is 13.0. The van der Waals surface area contributed by atoms with Crippen LogP contribution in [0.25, 0.3) is 22.3 Å². The molecule has 2 fully saturated rings. The van der Waals surface area contributed by atoms with Gasteiger partial charge in [0.05, 0.1) is 22.8 Å². The maximum absolute atomic E-state index is 13.0. The van der Waals surface area contributed by atoms with Crippen LogP contribution in [0.4, 0.5) is 19.0 Å². The van der Waals surface area contributed by atoms with E-state index < -0.39 is 12.1 Å². The van der Waals surface area contributed by atoms with E-state index in [0.29, 0.717) is 35.8 Å². The first-order valence-electron chi connectivity index (χ1n) is 11.1. The number of ether oxygens (including phenoxy) is 1. The molecule has 0 saturated carbocycles. The lowest BCUT2D eigenvalue weighted by atomic mass is 9.78. The Balaban J connectivity index is 1.64. The first-order valence-corrected chi connectivity index (χ1v) is 11.1. The molecule has 8 nitrogen and oxygen atoms in total. The van der Waals surface area contributed by atoms with Gasteiger partial charge in [0.25, 0.3) is 0 Å². The van der Waals surface area contributed by atoms with Gasteiger partial charge in [-0.1, -0.05) is 0 Å². The molecule has 2 aliphatic heterocycles. The molecule has 0 bridgehead atoms. The fourth-order valence-corrected chi connectivity index (χ4v) is 4.72. The van der Waals surface area contributed by atoms with Gasteiger partial charge in [-0.05, 0) is 50.3 Å². The molecule has 1 N–H and O–H groups in total. The number of carbonyl (C=O) groups is 1. The summed E-state index contributed by atoms with van der Waals surface area (Å²) in [6.45, 7) is 4.81. The molecule has 2 aliphatic rings. The second-order valence-corrected chi connectivity index (χ2v) is 8.84. The van der Waals surface area contributed by atoms with E-state index in [1.54, 1.807) is 24.5 Å². The number of nitrogens with one attached hydrogen (secondary N) is 1. The number of anilines is 1. The van der Waals surface area contributed by atoms with Crippen molar-refractivity contribution in [2.75, 3.05) is 31.1 Å². The van der Waals surface area contributed by atoms with Crippen molar-refractivity contribution in [3.05, 3.63) is 36.4 Å². The number of aryl methyl sites for hydroxylation is 1. The van der Waals surface area contributed by atoms with Gasteiger partial charge in [-0.3, -0.25) is 9.97 Å². The van der Waals surface area contributed by atoms with Crippen molar-refractivity contribution in [2.24, 2.45) is 5.41 Å². The normalized spacial score (nSPS) is 17.9. The number of fused-ring (bicyclic) bond motifs is 1. The third-order valence-corrected chi connectivity index (χ3v) is 6.67. The van der Waals surface area contributed by atoms with Crippen molar-refractivity contribution in [2.45, 2.75) is 32.4 Å². The minimum atomic E-state index is -5.14. The van der Waals surface area contributed by atoms with Gasteiger partial charge >= 0.3 is 12.1 Å². The lowest BCUT2D eigenvalue weighted by Crippen LogP contribution is -2.41. The van der Waals surface area contributed by atoms with Crippen molar-refractivity contribution in [1.82, 2.24) is 25.3 Å². The number of hydrogen-bond acceptors (Lipinski definition) is 8. The summed E-state index contributed by atoms with van der Waals surface area (Å²) < 4.78 is 43.9. The molecule has 0 unspecified atom stereocenters. The summed E-state index contributed by atoms with van der Waals surface area (Å²) >= 11 is 0. The molecule has 5 rings (SSSR count). The number of alkyl halides is 3. The summed E-state index contributed by atoms with van der Waals surface area (Å²) in [7, 11) is 0. The van der Waals surface area contributed by atoms with Crippen LogP contribution in [0.5, 0.6) is 5.75 Å². The van der Waals surface area contributed by atoms with E-state index in [0.717, 1.165) is 32.4 Å². The molecule has 3 aromatic rings. The highest BCUT2D eigenvalue weighted by atomic mass is 19.4. The van der Waals surface area contributed by atoms with Crippen LogP contribution in [0.1, 0.15) is 25.0 Å². The van der Waals surface area contributed by atoms with E-state index in [4.69, 9.17) is 9.72 Å². The fraction of sp³-hybridized carbons (Fsp3) is 0.435. The molecule has 0 aromatic carbocycles. The number of halogens is 3. The predicted octanol–water partition coefficient (Wildman–Crippen LogP) is 3.44. The summed E-state index contributed by atoms with van der Waals surface area (Å²) in [5, 5.41) is 3.68. The van der Waals surface area contributed by atoms with Crippen LogP contribution in [-0.4, -0.2) is 58.3 Å². The standard InChI is InChI=1S/C23H23F3N6O2/c1-14-18(34-21(33)23(24,25)26)17-16(12-29-14)30-19(15-2-7-27-8-3-15)31-20(17)32-10-5-22(6-11-32)4-9-28-13-22/h2-3,7-8,12,28H,4-6,9-11,13H2,1H3. The molecular weight excluding hydrogens is 449 g/mol. The molecule has 0 atom stereocenters. The van der Waals surface area contributed by atoms with Gasteiger partial charge in [-0.2, -0.15) is 13.2 Å². The molecule has 34 heavy (non-hydrogen) atoms. The van der Waals surface area contributed by atoms with E-state index in [-0.39, 0.29) is 22.2 Å². The Morgan fingerprint density at radius 2 is 1.88 bits per heavy atom. The largest absolute Gasteiger partial charge is 0.491 e. The molecule has 1 spiro atoms. The number of carbonyl (C=O) groups excluding carboxylic acids is 1. The van der Waals surface area contributed by atoms with E-state index in [9.17, 15) is 18.0 Å². The predicted molar refractivity (Wildman–Crippen MR) is 118 cm³/mol. The second kappa shape index (κ2) is 8.46. The number of esters is 1. The zero-order chi connectivity index (χ0) is 23.9. The molecule has 0 amide bonds. The number of nitrogens with zero attached hydrogens (tertiary/aromatic N) is 5. The Kier molecular flexibility index (Phi) is 5.59. The summed E-state index contributed by atoms with van der Waals surface area (Å²) in [4.78, 5) is 31.2. The highest BCUT2D eigenvalue weighted by molar-refractivity contribution is 5.98. The Bertz CT molecular complexity index is 1220. The van der Waals surface area contributed by atoms with Crippen LogP contribution in [0.15, 0.2) is 30.7 Å². The van der Waals surface area contributed by atoms with Gasteiger partial charge in [0, 0.05) is 37.6 Å². The van der Waals surface area contributed by atoms with Crippen LogP contribution in [0.2, 0.25) is 0 Å². The number of aromatic nitrogens is 4. The average molecular weight is 472 g/mol. The molecule has 2 saturated heterocycles. The quantitative estimate of drug-likeness (QED) is 0.580. The summed E-state index contributed by atoms with van der Waals surface area (Å²) in [6, 6.07) is 3.51.